The van der Waals surface area contributed by atoms with Crippen molar-refractivity contribution in [1.82, 2.24) is 5.32 Å². The van der Waals surface area contributed by atoms with E-state index in [4.69, 9.17) is 9.84 Å². The molecule has 0 aliphatic rings. The Balaban J connectivity index is 4.13. The zero-order valence-corrected chi connectivity index (χ0v) is 27.3. The maximum absolute atomic E-state index is 12.5. The molecule has 1 amide bonds. The standard InChI is InChI=1S/C37H61NO5/c1-3-5-7-9-10-11-12-13-14-15-16-17-18-19-20-22-28-32-37(42)43-34(29-25-21-8-6-4-2)30-26-23-24-27-31-35(39)38-33-36(40)41/h5,7,10-11,13-14,16-17,19-20,34H,3-4,6,8-9,12,15,18,21-33H2,1-2H3,(H,38,39)(H,40,41)/b7-5-,11-10-,14-13-,17-16-,20-19-. The molecule has 0 spiro atoms. The predicted molar refractivity (Wildman–Crippen MR) is 180 cm³/mol. The molecule has 0 heterocycles. The SMILES string of the molecule is CC/C=C\C/C=C\C/C=C\C/C=C\C/C=C\CCCC(=O)OC(CCCCCCC)CCCCCCC(=O)NCC(=O)O. The summed E-state index contributed by atoms with van der Waals surface area (Å²) in [7, 11) is 0. The summed E-state index contributed by atoms with van der Waals surface area (Å²) in [5.41, 5.74) is 0. The van der Waals surface area contributed by atoms with Crippen LogP contribution in [0, 0.1) is 0 Å². The van der Waals surface area contributed by atoms with Gasteiger partial charge in [0.25, 0.3) is 0 Å². The molecule has 0 radical (unpaired) electrons. The fourth-order valence-electron chi connectivity index (χ4n) is 4.49. The zero-order valence-electron chi connectivity index (χ0n) is 27.3. The number of hydrogen-bond acceptors (Lipinski definition) is 4. The van der Waals surface area contributed by atoms with Gasteiger partial charge in [-0.05, 0) is 77.0 Å². The topological polar surface area (TPSA) is 92.7 Å². The number of amides is 1. The summed E-state index contributed by atoms with van der Waals surface area (Å²) >= 11 is 0. The van der Waals surface area contributed by atoms with Gasteiger partial charge in [0.1, 0.15) is 12.6 Å². The zero-order chi connectivity index (χ0) is 31.6. The Bertz CT molecular complexity index is 840. The Hall–Kier alpha value is -2.89. The molecule has 0 bridgehead atoms. The summed E-state index contributed by atoms with van der Waals surface area (Å²) in [4.78, 5) is 34.7. The molecule has 1 unspecified atom stereocenters. The van der Waals surface area contributed by atoms with Crippen LogP contribution in [0.1, 0.15) is 142 Å². The van der Waals surface area contributed by atoms with Crippen LogP contribution in [0.15, 0.2) is 60.8 Å². The van der Waals surface area contributed by atoms with Crippen LogP contribution in [0.4, 0.5) is 0 Å². The molecular weight excluding hydrogens is 538 g/mol. The van der Waals surface area contributed by atoms with Crippen molar-refractivity contribution in [2.24, 2.45) is 0 Å². The van der Waals surface area contributed by atoms with Gasteiger partial charge in [-0.3, -0.25) is 14.4 Å². The molecule has 2 N–H and O–H groups in total. The number of carboxylic acid groups (broad SMARTS) is 1. The highest BCUT2D eigenvalue weighted by molar-refractivity contribution is 5.80. The van der Waals surface area contributed by atoms with Crippen LogP contribution in [-0.2, 0) is 19.1 Å². The minimum atomic E-state index is -1.03. The van der Waals surface area contributed by atoms with E-state index in [2.05, 4.69) is 79.9 Å². The van der Waals surface area contributed by atoms with E-state index in [1.54, 1.807) is 0 Å². The van der Waals surface area contributed by atoms with Crippen LogP contribution >= 0.6 is 0 Å². The molecule has 0 fully saturated rings. The number of carbonyl (C=O) groups is 3. The number of rotatable bonds is 29. The van der Waals surface area contributed by atoms with E-state index in [1.165, 1.54) is 25.7 Å². The highest BCUT2D eigenvalue weighted by Crippen LogP contribution is 2.17. The molecular formula is C37H61NO5. The van der Waals surface area contributed by atoms with Gasteiger partial charge in [-0.1, -0.05) is 113 Å². The molecule has 0 aromatic heterocycles. The first-order chi connectivity index (χ1) is 21.0. The van der Waals surface area contributed by atoms with Gasteiger partial charge >= 0.3 is 11.9 Å². The lowest BCUT2D eigenvalue weighted by Gasteiger charge is -2.18. The summed E-state index contributed by atoms with van der Waals surface area (Å²) in [6.45, 7) is 4.03. The minimum absolute atomic E-state index is 0.0262. The number of aliphatic carboxylic acids is 1. The van der Waals surface area contributed by atoms with Crippen molar-refractivity contribution in [3.63, 3.8) is 0 Å². The second-order valence-corrected chi connectivity index (χ2v) is 11.0. The summed E-state index contributed by atoms with van der Waals surface area (Å²) < 4.78 is 5.88. The maximum atomic E-state index is 12.5. The van der Waals surface area contributed by atoms with Gasteiger partial charge in [0.05, 0.1) is 0 Å². The van der Waals surface area contributed by atoms with E-state index < -0.39 is 5.97 Å². The monoisotopic (exact) mass is 599 g/mol. The predicted octanol–water partition coefficient (Wildman–Crippen LogP) is 9.72. The molecule has 6 nitrogen and oxygen atoms in total. The van der Waals surface area contributed by atoms with Crippen molar-refractivity contribution in [3.8, 4) is 0 Å². The van der Waals surface area contributed by atoms with E-state index >= 15 is 0 Å². The van der Waals surface area contributed by atoms with Gasteiger partial charge in [0.15, 0.2) is 0 Å². The van der Waals surface area contributed by atoms with E-state index in [9.17, 15) is 14.4 Å². The number of esters is 1. The van der Waals surface area contributed by atoms with Gasteiger partial charge in [0.2, 0.25) is 5.91 Å². The van der Waals surface area contributed by atoms with E-state index in [1.807, 2.05) is 0 Å². The van der Waals surface area contributed by atoms with Crippen molar-refractivity contribution in [2.45, 2.75) is 148 Å². The summed E-state index contributed by atoms with van der Waals surface area (Å²) in [5.74, 6) is -1.34. The number of carbonyl (C=O) groups excluding carboxylic acids is 2. The van der Waals surface area contributed by atoms with Crippen molar-refractivity contribution in [3.05, 3.63) is 60.8 Å². The molecule has 43 heavy (non-hydrogen) atoms. The number of allylic oxidation sites excluding steroid dienone is 10. The Morgan fingerprint density at radius 3 is 1.67 bits per heavy atom. The summed E-state index contributed by atoms with van der Waals surface area (Å²) in [5, 5.41) is 11.0. The summed E-state index contributed by atoms with van der Waals surface area (Å²) in [6, 6.07) is 0. The Morgan fingerprint density at radius 1 is 0.628 bits per heavy atom. The van der Waals surface area contributed by atoms with Gasteiger partial charge in [0, 0.05) is 12.8 Å². The van der Waals surface area contributed by atoms with Crippen LogP contribution in [0.3, 0.4) is 0 Å². The molecule has 6 heteroatoms. The Labute approximate surface area is 262 Å². The molecule has 0 saturated carbocycles. The average molecular weight is 600 g/mol. The minimum Gasteiger partial charge on any atom is -0.480 e. The highest BCUT2D eigenvalue weighted by Gasteiger charge is 2.14. The molecule has 0 aliphatic carbocycles. The van der Waals surface area contributed by atoms with E-state index in [0.29, 0.717) is 12.8 Å². The number of nitrogens with one attached hydrogen (secondary N) is 1. The first-order valence-corrected chi connectivity index (χ1v) is 16.9. The van der Waals surface area contributed by atoms with E-state index in [0.717, 1.165) is 89.9 Å². The van der Waals surface area contributed by atoms with Crippen LogP contribution < -0.4 is 5.32 Å². The average Bonchev–Trinajstić information content (AvgIpc) is 2.99. The van der Waals surface area contributed by atoms with Gasteiger partial charge in [-0.15, -0.1) is 0 Å². The van der Waals surface area contributed by atoms with Crippen LogP contribution in [0.2, 0.25) is 0 Å². The number of unbranched alkanes of at least 4 members (excludes halogenated alkanes) is 8. The number of carboxylic acids is 1. The molecule has 244 valence electrons. The van der Waals surface area contributed by atoms with Crippen LogP contribution in [-0.4, -0.2) is 35.6 Å². The fourth-order valence-corrected chi connectivity index (χ4v) is 4.49. The first kappa shape index (κ1) is 40.1. The van der Waals surface area contributed by atoms with Gasteiger partial charge in [-0.25, -0.2) is 0 Å². The first-order valence-electron chi connectivity index (χ1n) is 16.9. The molecule has 0 aromatic carbocycles. The number of ether oxygens (including phenoxy) is 1. The van der Waals surface area contributed by atoms with Gasteiger partial charge in [-0.2, -0.15) is 0 Å². The van der Waals surface area contributed by atoms with Crippen molar-refractivity contribution >= 4 is 17.8 Å². The smallest absolute Gasteiger partial charge is 0.322 e. The molecule has 0 saturated heterocycles. The molecule has 0 aromatic rings. The third kappa shape index (κ3) is 31.9. The van der Waals surface area contributed by atoms with E-state index in [-0.39, 0.29) is 24.5 Å². The second kappa shape index (κ2) is 32.0. The quantitative estimate of drug-likeness (QED) is 0.0507. The lowest BCUT2D eigenvalue weighted by atomic mass is 10.0. The maximum Gasteiger partial charge on any atom is 0.322 e. The van der Waals surface area contributed by atoms with Gasteiger partial charge < -0.3 is 15.2 Å². The van der Waals surface area contributed by atoms with Crippen LogP contribution in [0.25, 0.3) is 0 Å². The molecule has 0 rings (SSSR count). The third-order valence-electron chi connectivity index (χ3n) is 6.95. The number of hydrogen-bond donors (Lipinski definition) is 2. The normalized spacial score (nSPS) is 12.8. The lowest BCUT2D eigenvalue weighted by Crippen LogP contribution is -2.28. The van der Waals surface area contributed by atoms with Crippen molar-refractivity contribution in [2.75, 3.05) is 6.54 Å². The second-order valence-electron chi connectivity index (χ2n) is 11.0. The largest absolute Gasteiger partial charge is 0.480 e. The molecule has 1 atom stereocenters. The fraction of sp³-hybridized carbons (Fsp3) is 0.649. The Kier molecular flexibility index (Phi) is 29.9. The lowest BCUT2D eigenvalue weighted by molar-refractivity contribution is -0.150. The molecule has 0 aliphatic heterocycles. The van der Waals surface area contributed by atoms with Crippen molar-refractivity contribution in [1.29, 1.82) is 0 Å². The third-order valence-corrected chi connectivity index (χ3v) is 6.95. The van der Waals surface area contributed by atoms with Crippen molar-refractivity contribution < 1.29 is 24.2 Å². The highest BCUT2D eigenvalue weighted by atomic mass is 16.5. The summed E-state index contributed by atoms with van der Waals surface area (Å²) in [6.07, 6.45) is 40.6. The van der Waals surface area contributed by atoms with Crippen LogP contribution in [0.5, 0.6) is 0 Å². The Morgan fingerprint density at radius 2 is 1.14 bits per heavy atom.